The zero-order chi connectivity index (χ0) is 13.4. The van der Waals surface area contributed by atoms with Gasteiger partial charge >= 0.3 is 0 Å². The minimum atomic E-state index is 0.866. The van der Waals surface area contributed by atoms with Crippen molar-refractivity contribution in [3.8, 4) is 5.75 Å². The average molecular weight is 283 g/mol. The van der Waals surface area contributed by atoms with Gasteiger partial charge in [-0.15, -0.1) is 0 Å². The van der Waals surface area contributed by atoms with E-state index in [-0.39, 0.29) is 0 Å². The topological polar surface area (TPSA) is 9.23 Å². The third-order valence-corrected chi connectivity index (χ3v) is 3.55. The van der Waals surface area contributed by atoms with Crippen LogP contribution in [0.25, 0.3) is 0 Å². The Morgan fingerprint density at radius 3 is 2.56 bits per heavy atom. The Morgan fingerprint density at radius 2 is 2.00 bits per heavy atom. The zero-order valence-corrected chi connectivity index (χ0v) is 12.6. The van der Waals surface area contributed by atoms with Crippen LogP contribution in [0.15, 0.2) is 47.1 Å². The molecule has 0 fully saturated rings. The van der Waals surface area contributed by atoms with Gasteiger partial charge in [-0.3, -0.25) is 0 Å². The van der Waals surface area contributed by atoms with E-state index in [0.29, 0.717) is 0 Å². The van der Waals surface area contributed by atoms with E-state index in [1.165, 1.54) is 11.0 Å². The summed E-state index contributed by atoms with van der Waals surface area (Å²) < 4.78 is 5.76. The number of halogens is 1. The fourth-order valence-corrected chi connectivity index (χ4v) is 2.39. The second-order valence-corrected chi connectivity index (χ2v) is 4.75. The number of allylic oxidation sites excluding steroid dienone is 3. The molecule has 0 saturated heterocycles. The fraction of sp³-hybridized carbons (Fsp3) is 0.333. The molecule has 0 amide bonds. The van der Waals surface area contributed by atoms with Crippen molar-refractivity contribution in [3.63, 3.8) is 0 Å². The molecule has 0 heterocycles. The Balaban J connectivity index is 0.000000771. The highest BCUT2D eigenvalue weighted by atomic mass is 35.7. The molecule has 0 N–H and O–H groups in total. The van der Waals surface area contributed by atoms with Gasteiger partial charge in [0.2, 0.25) is 0 Å². The summed E-state index contributed by atoms with van der Waals surface area (Å²) in [6.45, 7) is 6.03. The highest BCUT2D eigenvalue weighted by Gasteiger charge is 2.03. The van der Waals surface area contributed by atoms with Gasteiger partial charge in [-0.1, -0.05) is 19.9 Å². The summed E-state index contributed by atoms with van der Waals surface area (Å²) in [5, 5.41) is 0. The summed E-state index contributed by atoms with van der Waals surface area (Å²) in [6.07, 6.45) is 8.42. The first-order chi connectivity index (χ1) is 8.79. The lowest BCUT2D eigenvalue weighted by Gasteiger charge is -2.10. The Morgan fingerprint density at radius 1 is 1.22 bits per heavy atom. The largest absolute Gasteiger partial charge is 0.458 e. The fourth-order valence-electron chi connectivity index (χ4n) is 1.57. The molecule has 0 unspecified atom stereocenters. The first-order valence-electron chi connectivity index (χ1n) is 6.23. The lowest BCUT2D eigenvalue weighted by molar-refractivity contribution is 0.438. The van der Waals surface area contributed by atoms with Crippen molar-refractivity contribution >= 4 is 21.7 Å². The van der Waals surface area contributed by atoms with Crippen molar-refractivity contribution in [2.75, 3.05) is 0 Å². The van der Waals surface area contributed by atoms with Crippen molar-refractivity contribution in [2.24, 2.45) is 0 Å². The molecule has 0 aliphatic heterocycles. The van der Waals surface area contributed by atoms with Crippen LogP contribution in [0.4, 0.5) is 0 Å². The highest BCUT2D eigenvalue weighted by molar-refractivity contribution is 8.21. The lowest BCUT2D eigenvalue weighted by atomic mass is 10.2. The predicted octanol–water partition coefficient (Wildman–Crippen LogP) is 5.88. The molecule has 0 saturated carbocycles. The minimum absolute atomic E-state index is 0.866. The monoisotopic (exact) mass is 282 g/mol. The van der Waals surface area contributed by atoms with E-state index in [4.69, 9.17) is 15.4 Å². The normalized spacial score (nSPS) is 13.4. The van der Waals surface area contributed by atoms with Crippen molar-refractivity contribution in [2.45, 2.75) is 38.5 Å². The first-order valence-corrected chi connectivity index (χ1v) is 7.87. The number of aryl methyl sites for hydroxylation is 1. The van der Waals surface area contributed by atoms with E-state index in [9.17, 15) is 0 Å². The maximum absolute atomic E-state index is 5.76. The smallest absolute Gasteiger partial charge is 0.127 e. The quantitative estimate of drug-likeness (QED) is 0.684. The predicted molar refractivity (Wildman–Crippen MR) is 81.3 cm³/mol. The van der Waals surface area contributed by atoms with E-state index in [1.54, 1.807) is 0 Å². The number of rotatable bonds is 3. The Bertz CT molecular complexity index is 438. The molecule has 1 aliphatic rings. The Hall–Kier alpha value is -0.860. The van der Waals surface area contributed by atoms with Gasteiger partial charge in [0, 0.05) is 4.90 Å². The summed E-state index contributed by atoms with van der Waals surface area (Å²) in [7, 11) is 6.97. The molecule has 98 valence electrons. The van der Waals surface area contributed by atoms with Crippen LogP contribution in [-0.2, 0) is 0 Å². The molecule has 0 bridgehead atoms. The van der Waals surface area contributed by atoms with Crippen molar-refractivity contribution in [1.82, 2.24) is 0 Å². The average Bonchev–Trinajstić information content (AvgIpc) is 2.42. The highest BCUT2D eigenvalue weighted by Crippen LogP contribution is 2.29. The summed E-state index contributed by atoms with van der Waals surface area (Å²) in [5.41, 5.74) is 1.14. The number of benzene rings is 1. The van der Waals surface area contributed by atoms with E-state index in [1.807, 2.05) is 45.0 Å². The standard InChI is InChI=1S/C13H13ClOS.C2H6/c1-10-9-12(7-8-13(10)16-14)15-11-5-3-2-4-6-11;1-2/h3,5-9H,2,4H2,1H3;1-2H3. The van der Waals surface area contributed by atoms with Gasteiger partial charge < -0.3 is 4.74 Å². The van der Waals surface area contributed by atoms with E-state index >= 15 is 0 Å². The molecule has 2 rings (SSSR count). The number of hydrogen-bond acceptors (Lipinski definition) is 2. The molecular weight excluding hydrogens is 264 g/mol. The molecule has 1 nitrogen and oxygen atoms in total. The van der Waals surface area contributed by atoms with E-state index in [2.05, 4.69) is 12.2 Å². The van der Waals surface area contributed by atoms with Gasteiger partial charge in [-0.2, -0.15) is 0 Å². The Labute approximate surface area is 118 Å². The second kappa shape index (κ2) is 8.28. The maximum Gasteiger partial charge on any atom is 0.127 e. The summed E-state index contributed by atoms with van der Waals surface area (Å²) in [5.74, 6) is 1.79. The molecule has 18 heavy (non-hydrogen) atoms. The van der Waals surface area contributed by atoms with Crippen molar-refractivity contribution in [1.29, 1.82) is 0 Å². The van der Waals surface area contributed by atoms with Crippen LogP contribution in [0, 0.1) is 6.92 Å². The number of ether oxygens (including phenoxy) is 1. The van der Waals surface area contributed by atoms with E-state index in [0.717, 1.165) is 34.8 Å². The summed E-state index contributed by atoms with van der Waals surface area (Å²) in [4.78, 5) is 1.07. The third-order valence-electron chi connectivity index (χ3n) is 2.43. The third kappa shape index (κ3) is 4.43. The maximum atomic E-state index is 5.76. The molecule has 1 aromatic rings. The summed E-state index contributed by atoms with van der Waals surface area (Å²) in [6, 6.07) is 5.93. The van der Waals surface area contributed by atoms with Gasteiger partial charge in [0.25, 0.3) is 0 Å². The van der Waals surface area contributed by atoms with Crippen LogP contribution in [0.1, 0.15) is 32.3 Å². The van der Waals surface area contributed by atoms with Crippen LogP contribution in [-0.4, -0.2) is 0 Å². The SMILES string of the molecule is CC.Cc1cc(OC2=CCCC=C2)ccc1SCl. The van der Waals surface area contributed by atoms with Gasteiger partial charge in [0.15, 0.2) is 0 Å². The molecule has 3 heteroatoms. The van der Waals surface area contributed by atoms with Crippen LogP contribution >= 0.6 is 21.7 Å². The van der Waals surface area contributed by atoms with Gasteiger partial charge in [0.05, 0.1) is 0 Å². The van der Waals surface area contributed by atoms with Gasteiger partial charge in [0.1, 0.15) is 11.5 Å². The number of hydrogen-bond donors (Lipinski definition) is 0. The zero-order valence-electron chi connectivity index (χ0n) is 11.1. The van der Waals surface area contributed by atoms with Crippen LogP contribution in [0.3, 0.4) is 0 Å². The van der Waals surface area contributed by atoms with Crippen molar-refractivity contribution in [3.05, 3.63) is 47.7 Å². The molecule has 0 aromatic heterocycles. The van der Waals surface area contributed by atoms with Crippen LogP contribution < -0.4 is 4.74 Å². The lowest BCUT2D eigenvalue weighted by Crippen LogP contribution is -1.95. The van der Waals surface area contributed by atoms with Gasteiger partial charge in [-0.05, 0) is 77.3 Å². The minimum Gasteiger partial charge on any atom is -0.458 e. The van der Waals surface area contributed by atoms with E-state index < -0.39 is 0 Å². The second-order valence-electron chi connectivity index (χ2n) is 3.69. The summed E-state index contributed by atoms with van der Waals surface area (Å²) >= 11 is 0. The van der Waals surface area contributed by atoms with Crippen LogP contribution in [0.5, 0.6) is 5.75 Å². The van der Waals surface area contributed by atoms with Crippen LogP contribution in [0.2, 0.25) is 0 Å². The molecule has 1 aromatic carbocycles. The van der Waals surface area contributed by atoms with Gasteiger partial charge in [-0.25, -0.2) is 0 Å². The molecule has 0 spiro atoms. The molecule has 0 radical (unpaired) electrons. The Kier molecular flexibility index (Phi) is 6.99. The van der Waals surface area contributed by atoms with Crippen molar-refractivity contribution < 1.29 is 4.74 Å². The molecular formula is C15H19ClOS. The first kappa shape index (κ1) is 15.2. The molecule has 0 atom stereocenters. The molecule has 1 aliphatic carbocycles.